The molecule has 44 heavy (non-hydrogen) atoms. The number of benzene rings is 3. The number of aldehydes is 1. The molecule has 2 aromatic rings. The maximum atomic E-state index is 12.5. The molecule has 1 aliphatic heterocycles. The summed E-state index contributed by atoms with van der Waals surface area (Å²) in [6.45, 7) is 0.0520. The number of hydrogen-bond acceptors (Lipinski definition) is 9. The molecule has 2 aromatic carbocycles. The van der Waals surface area contributed by atoms with Gasteiger partial charge in [0.2, 0.25) is 0 Å². The quantitative estimate of drug-likeness (QED) is 0.0473. The average molecular weight is 603 g/mol. The summed E-state index contributed by atoms with van der Waals surface area (Å²) in [5, 5.41) is 18.5. The molecule has 1 heterocycles. The smallest absolute Gasteiger partial charge is 0.333 e. The average Bonchev–Trinajstić information content (AvgIpc) is 3.02. The molecule has 0 radical (unpaired) electrons. The number of carbonyl (C=O) groups excluding carboxylic acids is 4. The van der Waals surface area contributed by atoms with Gasteiger partial charge in [-0.2, -0.15) is 5.48 Å². The van der Waals surface area contributed by atoms with Crippen LogP contribution < -0.4 is 26.9 Å². The van der Waals surface area contributed by atoms with Crippen molar-refractivity contribution < 1.29 is 33.5 Å². The lowest BCUT2D eigenvalue weighted by Crippen LogP contribution is -2.35. The molecule has 0 saturated heterocycles. The minimum atomic E-state index is -0.681. The van der Waals surface area contributed by atoms with Crippen LogP contribution in [0.5, 0.6) is 0 Å². The third kappa shape index (κ3) is 8.96. The van der Waals surface area contributed by atoms with Crippen LogP contribution in [0, 0.1) is 0 Å². The monoisotopic (exact) mass is 602 g/mol. The fourth-order valence-electron chi connectivity index (χ4n) is 4.75. The van der Waals surface area contributed by atoms with Gasteiger partial charge in [0.25, 0.3) is 5.91 Å². The van der Waals surface area contributed by atoms with Crippen molar-refractivity contribution in [1.29, 1.82) is 0 Å². The van der Waals surface area contributed by atoms with E-state index in [1.807, 2.05) is 41.9 Å². The lowest BCUT2D eigenvalue weighted by Gasteiger charge is -2.16. The second-order valence-electron chi connectivity index (χ2n) is 10.1. The van der Waals surface area contributed by atoms with Crippen molar-refractivity contribution in [1.82, 2.24) is 16.1 Å². The second-order valence-corrected chi connectivity index (χ2v) is 10.1. The molecule has 3 amide bonds. The number of urea groups is 1. The zero-order chi connectivity index (χ0) is 31.3. The summed E-state index contributed by atoms with van der Waals surface area (Å²) in [5.74, 6) is -0.756. The zero-order valence-electron chi connectivity index (χ0n) is 24.0. The van der Waals surface area contributed by atoms with Gasteiger partial charge >= 0.3 is 12.0 Å². The lowest BCUT2D eigenvalue weighted by molar-refractivity contribution is -0.158. The Morgan fingerprint density at radius 1 is 1.00 bits per heavy atom. The number of carbonyl (C=O) groups is 4. The van der Waals surface area contributed by atoms with E-state index in [4.69, 9.17) is 9.25 Å². The van der Waals surface area contributed by atoms with Gasteiger partial charge in [-0.25, -0.2) is 9.59 Å². The van der Waals surface area contributed by atoms with E-state index in [0.717, 1.165) is 22.1 Å². The van der Waals surface area contributed by atoms with Gasteiger partial charge in [-0.15, -0.1) is 0 Å². The van der Waals surface area contributed by atoms with Crippen molar-refractivity contribution in [3.05, 3.63) is 77.0 Å². The molecule has 0 aromatic heterocycles. The van der Waals surface area contributed by atoms with Crippen LogP contribution in [-0.2, 0) is 19.2 Å². The highest BCUT2D eigenvalue weighted by Crippen LogP contribution is 2.39. The molecule has 0 bridgehead atoms. The highest BCUT2D eigenvalue weighted by molar-refractivity contribution is 6.02. The Morgan fingerprint density at radius 3 is 2.57 bits per heavy atom. The van der Waals surface area contributed by atoms with E-state index in [1.54, 1.807) is 18.2 Å². The summed E-state index contributed by atoms with van der Waals surface area (Å²) in [6, 6.07) is 19.0. The third-order valence-corrected chi connectivity index (χ3v) is 6.86. The van der Waals surface area contributed by atoms with Crippen molar-refractivity contribution in [2.75, 3.05) is 18.6 Å². The van der Waals surface area contributed by atoms with Gasteiger partial charge in [-0.1, -0.05) is 36.8 Å². The molecular formula is C32H34N4O8. The number of hydroxylamine groups is 1. The number of nitrogens with one attached hydrogen (secondary N) is 4. The second kappa shape index (κ2) is 16.0. The van der Waals surface area contributed by atoms with Gasteiger partial charge in [0.05, 0.1) is 13.2 Å². The molecule has 12 heteroatoms. The summed E-state index contributed by atoms with van der Waals surface area (Å²) in [4.78, 5) is 62.8. The molecule has 1 atom stereocenters. The van der Waals surface area contributed by atoms with Crippen molar-refractivity contribution in [3.63, 3.8) is 0 Å². The van der Waals surface area contributed by atoms with E-state index < -0.39 is 11.9 Å². The summed E-state index contributed by atoms with van der Waals surface area (Å²) >= 11 is 0. The fraction of sp³-hybridized carbons (Fsp3) is 0.281. The summed E-state index contributed by atoms with van der Waals surface area (Å²) in [7, 11) is 0. The topological polar surface area (TPSA) is 176 Å². The number of para-hydroxylation sites is 1. The number of unbranched alkanes of at least 4 members (excludes halogenated alkanes) is 1. The van der Waals surface area contributed by atoms with Gasteiger partial charge in [0, 0.05) is 53.7 Å². The van der Waals surface area contributed by atoms with Crippen molar-refractivity contribution >= 4 is 40.9 Å². The van der Waals surface area contributed by atoms with Gasteiger partial charge in [-0.3, -0.25) is 14.9 Å². The van der Waals surface area contributed by atoms with Gasteiger partial charge < -0.3 is 29.8 Å². The molecule has 0 saturated carbocycles. The van der Waals surface area contributed by atoms with Crippen LogP contribution in [0.4, 0.5) is 10.5 Å². The largest absolute Gasteiger partial charge is 0.456 e. The van der Waals surface area contributed by atoms with E-state index in [1.165, 1.54) is 12.1 Å². The van der Waals surface area contributed by atoms with Crippen molar-refractivity contribution in [3.8, 4) is 22.5 Å². The Kier molecular flexibility index (Phi) is 11.6. The van der Waals surface area contributed by atoms with Crippen LogP contribution in [0.2, 0.25) is 0 Å². The number of amides is 3. The van der Waals surface area contributed by atoms with E-state index in [9.17, 15) is 29.1 Å². The molecule has 5 N–H and O–H groups in total. The first-order valence-corrected chi connectivity index (χ1v) is 14.2. The molecule has 2 aliphatic rings. The van der Waals surface area contributed by atoms with Crippen molar-refractivity contribution in [2.24, 2.45) is 0 Å². The molecule has 230 valence electrons. The highest BCUT2D eigenvalue weighted by atomic mass is 16.7. The van der Waals surface area contributed by atoms with Gasteiger partial charge in [0.15, 0.2) is 5.43 Å². The summed E-state index contributed by atoms with van der Waals surface area (Å²) in [5.41, 5.74) is 5.77. The molecule has 12 nitrogen and oxygen atoms in total. The number of hydrogen-bond donors (Lipinski definition) is 5. The maximum absolute atomic E-state index is 12.5. The molecule has 1 unspecified atom stereocenters. The zero-order valence-corrected chi connectivity index (χ0v) is 24.0. The Bertz CT molecular complexity index is 1620. The predicted octanol–water partition coefficient (Wildman–Crippen LogP) is 3.71. The van der Waals surface area contributed by atoms with E-state index in [0.29, 0.717) is 49.1 Å². The van der Waals surface area contributed by atoms with E-state index in [2.05, 4.69) is 16.0 Å². The number of aliphatic hydroxyl groups excluding tert-OH is 1. The van der Waals surface area contributed by atoms with Crippen LogP contribution in [0.25, 0.3) is 33.4 Å². The van der Waals surface area contributed by atoms with Crippen LogP contribution in [0.15, 0.2) is 75.9 Å². The third-order valence-electron chi connectivity index (χ3n) is 6.86. The molecule has 0 spiro atoms. The maximum Gasteiger partial charge on any atom is 0.333 e. The van der Waals surface area contributed by atoms with E-state index >= 15 is 0 Å². The number of rotatable bonds is 14. The van der Waals surface area contributed by atoms with Gasteiger partial charge in [-0.05, 0) is 48.7 Å². The Hall–Kier alpha value is -5.07. The summed E-state index contributed by atoms with van der Waals surface area (Å²) < 4.78 is 5.97. The molecule has 0 fully saturated rings. The fourth-order valence-corrected chi connectivity index (χ4v) is 4.75. The van der Waals surface area contributed by atoms with E-state index in [-0.39, 0.29) is 43.5 Å². The molecule has 1 aliphatic carbocycles. The minimum Gasteiger partial charge on any atom is -0.456 e. The lowest BCUT2D eigenvalue weighted by atomic mass is 9.94. The predicted molar refractivity (Wildman–Crippen MR) is 164 cm³/mol. The summed E-state index contributed by atoms with van der Waals surface area (Å²) in [6.07, 6.45) is 2.25. The van der Waals surface area contributed by atoms with Crippen LogP contribution in [-0.4, -0.2) is 48.6 Å². The Morgan fingerprint density at radius 2 is 1.80 bits per heavy atom. The van der Waals surface area contributed by atoms with Gasteiger partial charge in [0.1, 0.15) is 17.6 Å². The standard InChI is InChI=1S/C32H34N4O8/c37-17-5-9-29(40)36-44-30(41)18-23(34-20-38)6-3-4-16-33-32(42)35-22-12-10-21(11-13-22)31-25-7-1-2-8-27(25)43-28-19-24(39)14-15-26(28)31/h1-2,7-8,10-15,17,19,23,34,38H,3-6,9,16,18,20H2,(H,36,40)(H2,33,35,42). The molecule has 4 rings (SSSR count). The number of anilines is 1. The first kappa shape index (κ1) is 31.9. The Labute approximate surface area is 253 Å². The number of fused-ring (bicyclic) bond motifs is 2. The molecular weight excluding hydrogens is 568 g/mol. The first-order valence-electron chi connectivity index (χ1n) is 14.2. The van der Waals surface area contributed by atoms with Crippen LogP contribution in [0.3, 0.4) is 0 Å². The Balaban J connectivity index is 1.25. The van der Waals surface area contributed by atoms with Crippen LogP contribution in [0.1, 0.15) is 38.5 Å². The number of aliphatic hydroxyl groups is 1. The van der Waals surface area contributed by atoms with Crippen molar-refractivity contribution in [2.45, 2.75) is 44.6 Å². The van der Waals surface area contributed by atoms with Crippen LogP contribution >= 0.6 is 0 Å². The SMILES string of the molecule is O=CCCC(=O)NOC(=O)CC(CCCCNC(=O)Nc1ccc(-c2c3ccc(=O)cc-3oc3ccccc23)cc1)NCO. The normalized spacial score (nSPS) is 11.6. The first-order chi connectivity index (χ1) is 21.4. The minimum absolute atomic E-state index is 0.0306. The highest BCUT2D eigenvalue weighted by Gasteiger charge is 2.18.